The van der Waals surface area contributed by atoms with Crippen molar-refractivity contribution in [3.8, 4) is 0 Å². The van der Waals surface area contributed by atoms with E-state index in [-0.39, 0.29) is 29.5 Å². The van der Waals surface area contributed by atoms with E-state index in [1.54, 1.807) is 30.9 Å². The summed E-state index contributed by atoms with van der Waals surface area (Å²) in [6.07, 6.45) is 2.06. The van der Waals surface area contributed by atoms with E-state index in [9.17, 15) is 9.18 Å². The number of aliphatic imine (C=N–C) groups is 1. The van der Waals surface area contributed by atoms with Crippen LogP contribution >= 0.6 is 35.7 Å². The van der Waals surface area contributed by atoms with Gasteiger partial charge in [-0.1, -0.05) is 24.3 Å². The third kappa shape index (κ3) is 7.31. The maximum Gasteiger partial charge on any atom is 0.254 e. The molecule has 0 heterocycles. The molecule has 0 aliphatic rings. The molecule has 0 bridgehead atoms. The highest BCUT2D eigenvalue weighted by Gasteiger charge is 2.09. The number of thioether (sulfide) groups is 1. The molecule has 0 aliphatic heterocycles. The first-order valence-corrected chi connectivity index (χ1v) is 9.88. The summed E-state index contributed by atoms with van der Waals surface area (Å²) in [7, 11) is 1.69. The molecule has 0 unspecified atom stereocenters. The Labute approximate surface area is 187 Å². The van der Waals surface area contributed by atoms with Crippen LogP contribution in [0, 0.1) is 12.7 Å². The molecular formula is C20H26FIN4OS. The fourth-order valence-corrected chi connectivity index (χ4v) is 3.20. The molecule has 2 aromatic carbocycles. The van der Waals surface area contributed by atoms with Crippen LogP contribution in [0.2, 0.25) is 0 Å². The Kier molecular flexibility index (Phi) is 10.9. The van der Waals surface area contributed by atoms with E-state index in [0.717, 1.165) is 0 Å². The summed E-state index contributed by atoms with van der Waals surface area (Å²) in [5, 5.41) is 9.09. The van der Waals surface area contributed by atoms with Crippen LogP contribution in [0.4, 0.5) is 4.39 Å². The van der Waals surface area contributed by atoms with E-state index in [1.807, 2.05) is 0 Å². The molecule has 0 fully saturated rings. The molecule has 0 atom stereocenters. The minimum atomic E-state index is -0.525. The summed E-state index contributed by atoms with van der Waals surface area (Å²) in [4.78, 5) is 17.4. The smallest absolute Gasteiger partial charge is 0.254 e. The van der Waals surface area contributed by atoms with Crippen molar-refractivity contribution in [3.63, 3.8) is 0 Å². The van der Waals surface area contributed by atoms with E-state index < -0.39 is 11.7 Å². The molecule has 0 saturated carbocycles. The molecule has 0 aromatic heterocycles. The van der Waals surface area contributed by atoms with E-state index >= 15 is 0 Å². The number of amides is 1. The number of nitrogens with one attached hydrogen (secondary N) is 3. The number of carbonyl (C=O) groups is 1. The molecule has 0 saturated heterocycles. The third-order valence-corrected chi connectivity index (χ3v) is 4.75. The molecule has 8 heteroatoms. The van der Waals surface area contributed by atoms with Gasteiger partial charge < -0.3 is 16.0 Å². The Hall–Kier alpha value is -1.81. The van der Waals surface area contributed by atoms with Crippen LogP contribution < -0.4 is 16.0 Å². The monoisotopic (exact) mass is 516 g/mol. The Bertz CT molecular complexity index is 817. The Morgan fingerprint density at radius 3 is 2.50 bits per heavy atom. The number of hydrogen-bond acceptors (Lipinski definition) is 3. The van der Waals surface area contributed by atoms with Gasteiger partial charge in [0.25, 0.3) is 5.91 Å². The van der Waals surface area contributed by atoms with Gasteiger partial charge in [0.2, 0.25) is 0 Å². The second kappa shape index (κ2) is 12.6. The SMILES string of the molecule is CN=C(NCCNC(=O)c1ccccc1F)NCc1ccc(C)cc1SC.I. The minimum Gasteiger partial charge on any atom is -0.355 e. The predicted octanol–water partition coefficient (Wildman–Crippen LogP) is 3.57. The lowest BCUT2D eigenvalue weighted by Gasteiger charge is -2.14. The predicted molar refractivity (Wildman–Crippen MR) is 125 cm³/mol. The van der Waals surface area contributed by atoms with Crippen molar-refractivity contribution in [2.75, 3.05) is 26.4 Å². The Balaban J connectivity index is 0.00000392. The standard InChI is InChI=1S/C20H25FN4OS.HI/c1-14-8-9-15(18(12-14)27-3)13-25-20(22-2)24-11-10-23-19(26)16-6-4-5-7-17(16)21;/h4-9,12H,10-11,13H2,1-3H3,(H,23,26)(H2,22,24,25);1H. The van der Waals surface area contributed by atoms with Crippen LogP contribution in [0.15, 0.2) is 52.4 Å². The van der Waals surface area contributed by atoms with Gasteiger partial charge in [-0.15, -0.1) is 35.7 Å². The molecular weight excluding hydrogens is 490 g/mol. The number of aryl methyl sites for hydroxylation is 1. The van der Waals surface area contributed by atoms with E-state index in [1.165, 1.54) is 28.2 Å². The average molecular weight is 516 g/mol. The third-order valence-electron chi connectivity index (χ3n) is 3.93. The first kappa shape index (κ1) is 24.2. The maximum atomic E-state index is 13.6. The van der Waals surface area contributed by atoms with E-state index in [0.29, 0.717) is 25.6 Å². The van der Waals surface area contributed by atoms with Crippen LogP contribution in [0.1, 0.15) is 21.5 Å². The van der Waals surface area contributed by atoms with E-state index in [2.05, 4.69) is 52.3 Å². The van der Waals surface area contributed by atoms with Crippen LogP contribution in [0.5, 0.6) is 0 Å². The van der Waals surface area contributed by atoms with Crippen LogP contribution in [-0.4, -0.2) is 38.3 Å². The number of benzene rings is 2. The zero-order valence-corrected chi connectivity index (χ0v) is 19.4. The summed E-state index contributed by atoms with van der Waals surface area (Å²) in [6, 6.07) is 12.3. The van der Waals surface area contributed by atoms with Crippen molar-refractivity contribution < 1.29 is 9.18 Å². The van der Waals surface area contributed by atoms with Crippen molar-refractivity contribution >= 4 is 47.6 Å². The molecule has 3 N–H and O–H groups in total. The molecule has 1 amide bonds. The zero-order chi connectivity index (χ0) is 19.6. The van der Waals surface area contributed by atoms with Crippen molar-refractivity contribution in [3.05, 3.63) is 65.0 Å². The molecule has 0 radical (unpaired) electrons. The van der Waals surface area contributed by atoms with Gasteiger partial charge in [0.15, 0.2) is 5.96 Å². The van der Waals surface area contributed by atoms with Gasteiger partial charge in [-0.05, 0) is 42.5 Å². The zero-order valence-electron chi connectivity index (χ0n) is 16.2. The van der Waals surface area contributed by atoms with Crippen molar-refractivity contribution in [1.29, 1.82) is 0 Å². The van der Waals surface area contributed by atoms with Gasteiger partial charge in [-0.2, -0.15) is 0 Å². The summed E-state index contributed by atoms with van der Waals surface area (Å²) in [5.41, 5.74) is 2.48. The maximum absolute atomic E-state index is 13.6. The number of carbonyl (C=O) groups excluding carboxylic acids is 1. The molecule has 28 heavy (non-hydrogen) atoms. The fourth-order valence-electron chi connectivity index (χ4n) is 2.49. The van der Waals surface area contributed by atoms with Crippen LogP contribution in [0.25, 0.3) is 0 Å². The highest BCUT2D eigenvalue weighted by molar-refractivity contribution is 14.0. The Morgan fingerprint density at radius 1 is 1.11 bits per heavy atom. The molecule has 5 nitrogen and oxygen atoms in total. The van der Waals surface area contributed by atoms with Crippen molar-refractivity contribution in [1.82, 2.24) is 16.0 Å². The van der Waals surface area contributed by atoms with Gasteiger partial charge in [0.05, 0.1) is 5.56 Å². The molecule has 2 aromatic rings. The lowest BCUT2D eigenvalue weighted by Crippen LogP contribution is -2.41. The number of halogens is 2. The van der Waals surface area contributed by atoms with Gasteiger partial charge in [-0.25, -0.2) is 4.39 Å². The molecule has 0 spiro atoms. The van der Waals surface area contributed by atoms with Crippen LogP contribution in [-0.2, 0) is 6.54 Å². The summed E-state index contributed by atoms with van der Waals surface area (Å²) in [6.45, 7) is 3.56. The quantitative estimate of drug-likeness (QED) is 0.173. The Morgan fingerprint density at radius 2 is 1.82 bits per heavy atom. The fraction of sp³-hybridized carbons (Fsp3) is 0.300. The van der Waals surface area contributed by atoms with Crippen LogP contribution in [0.3, 0.4) is 0 Å². The lowest BCUT2D eigenvalue weighted by atomic mass is 10.1. The highest BCUT2D eigenvalue weighted by atomic mass is 127. The first-order valence-electron chi connectivity index (χ1n) is 8.66. The number of hydrogen-bond donors (Lipinski definition) is 3. The van der Waals surface area contributed by atoms with Gasteiger partial charge in [0.1, 0.15) is 5.82 Å². The van der Waals surface area contributed by atoms with Gasteiger partial charge >= 0.3 is 0 Å². The highest BCUT2D eigenvalue weighted by Crippen LogP contribution is 2.21. The second-order valence-electron chi connectivity index (χ2n) is 5.90. The second-order valence-corrected chi connectivity index (χ2v) is 6.75. The van der Waals surface area contributed by atoms with E-state index in [4.69, 9.17) is 0 Å². The van der Waals surface area contributed by atoms with Gasteiger partial charge in [-0.3, -0.25) is 9.79 Å². The summed E-state index contributed by atoms with van der Waals surface area (Å²) >= 11 is 1.71. The minimum absolute atomic E-state index is 0. The first-order chi connectivity index (χ1) is 13.0. The molecule has 0 aliphatic carbocycles. The normalized spacial score (nSPS) is 10.8. The van der Waals surface area contributed by atoms with Crippen molar-refractivity contribution in [2.24, 2.45) is 4.99 Å². The van der Waals surface area contributed by atoms with Crippen molar-refractivity contribution in [2.45, 2.75) is 18.4 Å². The largest absolute Gasteiger partial charge is 0.355 e. The number of nitrogens with zero attached hydrogens (tertiary/aromatic N) is 1. The average Bonchev–Trinajstić information content (AvgIpc) is 2.68. The number of rotatable bonds is 7. The topological polar surface area (TPSA) is 65.5 Å². The number of guanidine groups is 1. The lowest BCUT2D eigenvalue weighted by molar-refractivity contribution is 0.0950. The summed E-state index contributed by atoms with van der Waals surface area (Å²) in [5.74, 6) is -0.312. The molecule has 152 valence electrons. The summed E-state index contributed by atoms with van der Waals surface area (Å²) < 4.78 is 13.6. The molecule has 2 rings (SSSR count). The van der Waals surface area contributed by atoms with Gasteiger partial charge in [0, 0.05) is 31.6 Å².